The number of halogens is 1. The highest BCUT2D eigenvalue weighted by molar-refractivity contribution is 6.31. The highest BCUT2D eigenvalue weighted by Crippen LogP contribution is 2.36. The SMILES string of the molecule is CCOC(=O)C1CCC(N(Cc2nnnn2-c2ccc(Cl)c(C#N)c2)C2CC2)CC1. The van der Waals surface area contributed by atoms with E-state index in [4.69, 9.17) is 16.3 Å². The molecule has 0 aliphatic heterocycles. The number of aromatic nitrogens is 4. The number of ether oxygens (including phenoxy) is 1. The molecule has 0 unspecified atom stereocenters. The summed E-state index contributed by atoms with van der Waals surface area (Å²) < 4.78 is 6.88. The first-order chi connectivity index (χ1) is 14.6. The smallest absolute Gasteiger partial charge is 0.308 e. The van der Waals surface area contributed by atoms with Crippen LogP contribution in [0.4, 0.5) is 0 Å². The van der Waals surface area contributed by atoms with E-state index in [1.807, 2.05) is 13.0 Å². The summed E-state index contributed by atoms with van der Waals surface area (Å²) in [6.07, 6.45) is 6.03. The van der Waals surface area contributed by atoms with E-state index >= 15 is 0 Å². The van der Waals surface area contributed by atoms with Crippen LogP contribution in [0.15, 0.2) is 18.2 Å². The number of rotatable bonds is 7. The molecule has 0 N–H and O–H groups in total. The summed E-state index contributed by atoms with van der Waals surface area (Å²) in [7, 11) is 0. The Balaban J connectivity index is 1.48. The highest BCUT2D eigenvalue weighted by atomic mass is 35.5. The Morgan fingerprint density at radius 2 is 1.97 bits per heavy atom. The van der Waals surface area contributed by atoms with Crippen molar-refractivity contribution >= 4 is 17.6 Å². The lowest BCUT2D eigenvalue weighted by Gasteiger charge is -2.36. The van der Waals surface area contributed by atoms with Gasteiger partial charge in [0.2, 0.25) is 0 Å². The standard InChI is InChI=1S/C21H25ClN6O2/c1-2-30-21(29)14-3-5-16(6-4-14)27(17-7-8-17)13-20-24-25-26-28(20)18-9-10-19(22)15(11-18)12-23/h9-11,14,16-17H,2-8,13H2,1H3. The molecule has 9 heteroatoms. The molecule has 0 spiro atoms. The first-order valence-electron chi connectivity index (χ1n) is 10.5. The highest BCUT2D eigenvalue weighted by Gasteiger charge is 2.38. The van der Waals surface area contributed by atoms with Crippen molar-refractivity contribution in [3.05, 3.63) is 34.6 Å². The Morgan fingerprint density at radius 3 is 2.60 bits per heavy atom. The second-order valence-electron chi connectivity index (χ2n) is 7.94. The maximum atomic E-state index is 12.1. The molecule has 1 aromatic heterocycles. The zero-order valence-electron chi connectivity index (χ0n) is 17.0. The molecule has 0 atom stereocenters. The number of benzene rings is 1. The lowest BCUT2D eigenvalue weighted by atomic mass is 9.85. The van der Waals surface area contributed by atoms with E-state index in [0.717, 1.165) is 37.2 Å². The Kier molecular flexibility index (Phi) is 6.30. The van der Waals surface area contributed by atoms with Crippen LogP contribution in [0, 0.1) is 17.2 Å². The van der Waals surface area contributed by atoms with Gasteiger partial charge in [0.1, 0.15) is 6.07 Å². The van der Waals surface area contributed by atoms with Crippen LogP contribution in [0.2, 0.25) is 5.02 Å². The van der Waals surface area contributed by atoms with Gasteiger partial charge in [-0.1, -0.05) is 11.6 Å². The molecule has 0 amide bonds. The topological polar surface area (TPSA) is 96.9 Å². The van der Waals surface area contributed by atoms with Gasteiger partial charge >= 0.3 is 5.97 Å². The number of esters is 1. The van der Waals surface area contributed by atoms with Crippen LogP contribution in [-0.4, -0.2) is 49.8 Å². The van der Waals surface area contributed by atoms with Gasteiger partial charge in [-0.05, 0) is 74.1 Å². The quantitative estimate of drug-likeness (QED) is 0.624. The lowest BCUT2D eigenvalue weighted by molar-refractivity contribution is -0.149. The van der Waals surface area contributed by atoms with Crippen LogP contribution >= 0.6 is 11.6 Å². The zero-order valence-corrected chi connectivity index (χ0v) is 17.8. The Morgan fingerprint density at radius 1 is 1.27 bits per heavy atom. The number of tetrazole rings is 1. The van der Waals surface area contributed by atoms with E-state index in [-0.39, 0.29) is 11.9 Å². The Bertz CT molecular complexity index is 943. The fraction of sp³-hybridized carbons (Fsp3) is 0.571. The van der Waals surface area contributed by atoms with Gasteiger partial charge in [-0.25, -0.2) is 0 Å². The van der Waals surface area contributed by atoms with Crippen molar-refractivity contribution in [2.45, 2.75) is 64.1 Å². The van der Waals surface area contributed by atoms with Gasteiger partial charge in [-0.15, -0.1) is 5.10 Å². The van der Waals surface area contributed by atoms with Crippen molar-refractivity contribution in [1.82, 2.24) is 25.1 Å². The number of carbonyl (C=O) groups excluding carboxylic acids is 1. The minimum atomic E-state index is -0.0612. The third-order valence-corrected chi connectivity index (χ3v) is 6.30. The van der Waals surface area contributed by atoms with Crippen molar-refractivity contribution < 1.29 is 9.53 Å². The second-order valence-corrected chi connectivity index (χ2v) is 8.35. The summed E-state index contributed by atoms with van der Waals surface area (Å²) in [5, 5.41) is 21.9. The largest absolute Gasteiger partial charge is 0.466 e. The summed E-state index contributed by atoms with van der Waals surface area (Å²) in [5.41, 5.74) is 1.12. The molecule has 4 rings (SSSR count). The van der Waals surface area contributed by atoms with Gasteiger partial charge in [-0.3, -0.25) is 9.69 Å². The maximum Gasteiger partial charge on any atom is 0.308 e. The summed E-state index contributed by atoms with van der Waals surface area (Å²) in [6, 6.07) is 8.26. The molecule has 2 aliphatic carbocycles. The molecule has 30 heavy (non-hydrogen) atoms. The summed E-state index contributed by atoms with van der Waals surface area (Å²) in [6.45, 7) is 2.92. The number of carbonyl (C=O) groups is 1. The van der Waals surface area contributed by atoms with Gasteiger partial charge in [-0.2, -0.15) is 9.94 Å². The van der Waals surface area contributed by atoms with E-state index < -0.39 is 0 Å². The number of hydrogen-bond acceptors (Lipinski definition) is 7. The molecule has 158 valence electrons. The molecule has 1 heterocycles. The second kappa shape index (κ2) is 9.11. The van der Waals surface area contributed by atoms with E-state index in [9.17, 15) is 10.1 Å². The molecule has 0 bridgehead atoms. The molecule has 2 fully saturated rings. The molecule has 0 radical (unpaired) electrons. The van der Waals surface area contributed by atoms with Gasteiger partial charge in [0.25, 0.3) is 0 Å². The van der Waals surface area contributed by atoms with Crippen molar-refractivity contribution in [1.29, 1.82) is 5.26 Å². The molecule has 2 saturated carbocycles. The molecule has 2 aliphatic rings. The average molecular weight is 429 g/mol. The third kappa shape index (κ3) is 4.47. The molecule has 2 aromatic rings. The third-order valence-electron chi connectivity index (χ3n) is 5.97. The number of nitrogens with zero attached hydrogens (tertiary/aromatic N) is 6. The van der Waals surface area contributed by atoms with Crippen LogP contribution in [0.5, 0.6) is 0 Å². The number of hydrogen-bond donors (Lipinski definition) is 0. The van der Waals surface area contributed by atoms with Crippen LogP contribution in [0.3, 0.4) is 0 Å². The van der Waals surface area contributed by atoms with Gasteiger partial charge in [0.15, 0.2) is 5.82 Å². The van der Waals surface area contributed by atoms with E-state index in [1.54, 1.807) is 16.8 Å². The summed E-state index contributed by atoms with van der Waals surface area (Å²) >= 11 is 6.06. The number of nitriles is 1. The van der Waals surface area contributed by atoms with Crippen LogP contribution < -0.4 is 0 Å². The van der Waals surface area contributed by atoms with E-state index in [2.05, 4.69) is 26.5 Å². The monoisotopic (exact) mass is 428 g/mol. The van der Waals surface area contributed by atoms with Crippen LogP contribution in [0.1, 0.15) is 56.8 Å². The van der Waals surface area contributed by atoms with Gasteiger partial charge in [0, 0.05) is 12.1 Å². The minimum absolute atomic E-state index is 0.0195. The summed E-state index contributed by atoms with van der Waals surface area (Å²) in [4.78, 5) is 14.5. The van der Waals surface area contributed by atoms with Crippen molar-refractivity contribution in [3.8, 4) is 11.8 Å². The Labute approximate surface area is 180 Å². The van der Waals surface area contributed by atoms with Crippen LogP contribution in [0.25, 0.3) is 5.69 Å². The predicted molar refractivity (Wildman–Crippen MR) is 110 cm³/mol. The van der Waals surface area contributed by atoms with Crippen molar-refractivity contribution in [3.63, 3.8) is 0 Å². The Hall–Kier alpha value is -2.50. The van der Waals surface area contributed by atoms with Gasteiger partial charge < -0.3 is 4.74 Å². The fourth-order valence-electron chi connectivity index (χ4n) is 4.26. The maximum absolute atomic E-state index is 12.1. The molecular formula is C21H25ClN6O2. The van der Waals surface area contributed by atoms with Gasteiger partial charge in [0.05, 0.1) is 35.3 Å². The first-order valence-corrected chi connectivity index (χ1v) is 10.9. The molecule has 8 nitrogen and oxygen atoms in total. The predicted octanol–water partition coefficient (Wildman–Crippen LogP) is 3.27. The average Bonchev–Trinajstić information content (AvgIpc) is 3.50. The molecular weight excluding hydrogens is 404 g/mol. The first kappa shape index (κ1) is 20.8. The van der Waals surface area contributed by atoms with Crippen LogP contribution in [-0.2, 0) is 16.1 Å². The van der Waals surface area contributed by atoms with Crippen molar-refractivity contribution in [2.24, 2.45) is 5.92 Å². The van der Waals surface area contributed by atoms with Crippen molar-refractivity contribution in [2.75, 3.05) is 6.61 Å². The molecule has 1 aromatic carbocycles. The van der Waals surface area contributed by atoms with E-state index in [1.165, 1.54) is 12.8 Å². The molecule has 0 saturated heterocycles. The summed E-state index contributed by atoms with van der Waals surface area (Å²) in [5.74, 6) is 0.695. The lowest BCUT2D eigenvalue weighted by Crippen LogP contribution is -2.41. The zero-order chi connectivity index (χ0) is 21.1. The fourth-order valence-corrected chi connectivity index (χ4v) is 4.42. The van der Waals surface area contributed by atoms with E-state index in [0.29, 0.717) is 35.8 Å². The normalized spacial score (nSPS) is 21.4. The minimum Gasteiger partial charge on any atom is -0.466 e.